The van der Waals surface area contributed by atoms with Gasteiger partial charge in [0.25, 0.3) is 11.7 Å². The van der Waals surface area contributed by atoms with E-state index >= 15 is 0 Å². The largest absolute Gasteiger partial charge is 0.507 e. The number of amides is 1. The second-order valence-corrected chi connectivity index (χ2v) is 7.56. The Kier molecular flexibility index (Phi) is 7.02. The van der Waals surface area contributed by atoms with Crippen LogP contribution in [0.3, 0.4) is 0 Å². The van der Waals surface area contributed by atoms with Gasteiger partial charge in [-0.3, -0.25) is 9.59 Å². The highest BCUT2D eigenvalue weighted by Crippen LogP contribution is 2.40. The second kappa shape index (κ2) is 9.51. The summed E-state index contributed by atoms with van der Waals surface area (Å²) in [7, 11) is 3.10. The van der Waals surface area contributed by atoms with E-state index in [1.807, 2.05) is 0 Å². The van der Waals surface area contributed by atoms with Gasteiger partial charge in [0.1, 0.15) is 11.5 Å². The maximum absolute atomic E-state index is 12.9. The molecule has 1 heterocycles. The van der Waals surface area contributed by atoms with Crippen molar-refractivity contribution in [3.8, 4) is 5.75 Å². The molecule has 1 saturated heterocycles. The Labute approximate surface area is 184 Å². The van der Waals surface area contributed by atoms with Gasteiger partial charge in [-0.25, -0.2) is 0 Å². The minimum atomic E-state index is -0.772. The van der Waals surface area contributed by atoms with Crippen molar-refractivity contribution < 1.29 is 24.2 Å². The van der Waals surface area contributed by atoms with Crippen LogP contribution in [0.2, 0.25) is 10.0 Å². The van der Waals surface area contributed by atoms with Gasteiger partial charge in [0.05, 0.1) is 28.8 Å². The molecule has 1 fully saturated rings. The molecule has 0 aliphatic carbocycles. The SMILES string of the molecule is COCCCN1C(=O)C(=O)/C(=C(\O)c2ccc(Cl)c(Cl)c2)C1c1cccc(OC)c1. The molecule has 0 saturated carbocycles. The summed E-state index contributed by atoms with van der Waals surface area (Å²) < 4.78 is 10.4. The number of carbonyl (C=O) groups excluding carboxylic acids is 2. The molecule has 30 heavy (non-hydrogen) atoms. The lowest BCUT2D eigenvalue weighted by Gasteiger charge is -2.25. The van der Waals surface area contributed by atoms with Crippen LogP contribution < -0.4 is 4.74 Å². The molecule has 0 spiro atoms. The lowest BCUT2D eigenvalue weighted by Crippen LogP contribution is -2.31. The number of ether oxygens (including phenoxy) is 2. The Morgan fingerprint density at radius 3 is 2.53 bits per heavy atom. The van der Waals surface area contributed by atoms with Crippen molar-refractivity contribution in [2.24, 2.45) is 0 Å². The molecule has 158 valence electrons. The quantitative estimate of drug-likeness (QED) is 0.292. The molecule has 2 aromatic rings. The van der Waals surface area contributed by atoms with Crippen molar-refractivity contribution in [1.29, 1.82) is 0 Å². The summed E-state index contributed by atoms with van der Waals surface area (Å²) >= 11 is 12.0. The first-order valence-electron chi connectivity index (χ1n) is 9.25. The van der Waals surface area contributed by atoms with Crippen molar-refractivity contribution in [3.05, 3.63) is 69.2 Å². The van der Waals surface area contributed by atoms with Crippen molar-refractivity contribution in [3.63, 3.8) is 0 Å². The highest BCUT2D eigenvalue weighted by atomic mass is 35.5. The van der Waals surface area contributed by atoms with Crippen molar-refractivity contribution in [2.75, 3.05) is 27.4 Å². The smallest absolute Gasteiger partial charge is 0.295 e. The Morgan fingerprint density at radius 2 is 1.87 bits per heavy atom. The molecule has 1 aliphatic heterocycles. The number of halogens is 2. The second-order valence-electron chi connectivity index (χ2n) is 6.74. The van der Waals surface area contributed by atoms with Crippen LogP contribution in [-0.2, 0) is 14.3 Å². The molecular weight excluding hydrogens is 429 g/mol. The predicted molar refractivity (Wildman–Crippen MR) is 115 cm³/mol. The third-order valence-electron chi connectivity index (χ3n) is 4.89. The number of aliphatic hydroxyl groups excluding tert-OH is 1. The number of ketones is 1. The van der Waals surface area contributed by atoms with E-state index < -0.39 is 17.7 Å². The van der Waals surface area contributed by atoms with Gasteiger partial charge in [-0.1, -0.05) is 35.3 Å². The average molecular weight is 450 g/mol. The normalized spacial score (nSPS) is 18.1. The number of nitrogens with zero attached hydrogens (tertiary/aromatic N) is 1. The Bertz CT molecular complexity index is 1000. The first kappa shape index (κ1) is 22.2. The molecule has 1 N–H and O–H groups in total. The summed E-state index contributed by atoms with van der Waals surface area (Å²) in [6, 6.07) is 10.8. The Balaban J connectivity index is 2.15. The van der Waals surface area contributed by atoms with Crippen LogP contribution in [0.15, 0.2) is 48.0 Å². The van der Waals surface area contributed by atoms with Crippen LogP contribution in [0.25, 0.3) is 5.76 Å². The molecule has 1 atom stereocenters. The minimum absolute atomic E-state index is 0.0101. The van der Waals surface area contributed by atoms with Gasteiger partial charge < -0.3 is 19.5 Å². The monoisotopic (exact) mass is 449 g/mol. The van der Waals surface area contributed by atoms with Crippen LogP contribution in [0.4, 0.5) is 0 Å². The van der Waals surface area contributed by atoms with Crippen LogP contribution in [0.5, 0.6) is 5.75 Å². The number of likely N-dealkylation sites (tertiary alicyclic amines) is 1. The number of methoxy groups -OCH3 is 2. The van der Waals surface area contributed by atoms with Gasteiger partial charge in [-0.05, 0) is 42.3 Å². The van der Waals surface area contributed by atoms with Gasteiger partial charge in [-0.15, -0.1) is 0 Å². The zero-order chi connectivity index (χ0) is 21.8. The van der Waals surface area contributed by atoms with E-state index in [0.717, 1.165) is 0 Å². The fourth-order valence-electron chi connectivity index (χ4n) is 3.45. The van der Waals surface area contributed by atoms with Crippen LogP contribution in [-0.4, -0.2) is 49.1 Å². The van der Waals surface area contributed by atoms with Gasteiger partial charge in [0, 0.05) is 25.8 Å². The summed E-state index contributed by atoms with van der Waals surface area (Å²) in [5.74, 6) is -1.18. The third kappa shape index (κ3) is 4.31. The van der Waals surface area contributed by atoms with E-state index in [1.54, 1.807) is 37.4 Å². The van der Waals surface area contributed by atoms with E-state index in [1.165, 1.54) is 24.1 Å². The summed E-state index contributed by atoms with van der Waals surface area (Å²) in [6.45, 7) is 0.721. The zero-order valence-electron chi connectivity index (χ0n) is 16.5. The first-order valence-corrected chi connectivity index (χ1v) is 10.0. The van der Waals surface area contributed by atoms with Gasteiger partial charge in [0.2, 0.25) is 0 Å². The third-order valence-corrected chi connectivity index (χ3v) is 5.63. The Hall–Kier alpha value is -2.54. The van der Waals surface area contributed by atoms with Crippen molar-refractivity contribution in [1.82, 2.24) is 4.90 Å². The topological polar surface area (TPSA) is 76.1 Å². The highest BCUT2D eigenvalue weighted by Gasteiger charge is 2.45. The fourth-order valence-corrected chi connectivity index (χ4v) is 3.75. The molecular formula is C22H21Cl2NO5. The molecule has 1 amide bonds. The number of aliphatic hydroxyl groups is 1. The van der Waals surface area contributed by atoms with Gasteiger partial charge in [0.15, 0.2) is 0 Å². The molecule has 2 aromatic carbocycles. The van der Waals surface area contributed by atoms with E-state index in [9.17, 15) is 14.7 Å². The number of rotatable bonds is 7. The summed E-state index contributed by atoms with van der Waals surface area (Å²) in [5.41, 5.74) is 0.934. The number of hydrogen-bond acceptors (Lipinski definition) is 5. The molecule has 1 unspecified atom stereocenters. The number of hydrogen-bond donors (Lipinski definition) is 1. The molecule has 0 radical (unpaired) electrons. The summed E-state index contributed by atoms with van der Waals surface area (Å²) in [5, 5.41) is 11.5. The van der Waals surface area contributed by atoms with E-state index in [4.69, 9.17) is 32.7 Å². The van der Waals surface area contributed by atoms with E-state index in [0.29, 0.717) is 41.5 Å². The summed E-state index contributed by atoms with van der Waals surface area (Å²) in [4.78, 5) is 27.2. The molecule has 3 rings (SSSR count). The minimum Gasteiger partial charge on any atom is -0.507 e. The number of benzene rings is 2. The maximum atomic E-state index is 12.9. The van der Waals surface area contributed by atoms with Crippen molar-refractivity contribution >= 4 is 40.7 Å². The molecule has 8 heteroatoms. The molecule has 1 aliphatic rings. The first-order chi connectivity index (χ1) is 14.4. The van der Waals surface area contributed by atoms with Crippen molar-refractivity contribution in [2.45, 2.75) is 12.5 Å². The van der Waals surface area contributed by atoms with E-state index in [2.05, 4.69) is 0 Å². The van der Waals surface area contributed by atoms with Crippen LogP contribution in [0.1, 0.15) is 23.6 Å². The van der Waals surface area contributed by atoms with Gasteiger partial charge >= 0.3 is 0 Å². The van der Waals surface area contributed by atoms with Crippen LogP contribution >= 0.6 is 23.2 Å². The average Bonchev–Trinajstić information content (AvgIpc) is 3.00. The summed E-state index contributed by atoms with van der Waals surface area (Å²) in [6.07, 6.45) is 0.538. The highest BCUT2D eigenvalue weighted by molar-refractivity contribution is 6.46. The zero-order valence-corrected chi connectivity index (χ0v) is 18.0. The van der Waals surface area contributed by atoms with E-state index in [-0.39, 0.29) is 16.4 Å². The lowest BCUT2D eigenvalue weighted by molar-refractivity contribution is -0.140. The number of carbonyl (C=O) groups is 2. The fraction of sp³-hybridized carbons (Fsp3) is 0.273. The predicted octanol–water partition coefficient (Wildman–Crippen LogP) is 4.46. The van der Waals surface area contributed by atoms with Gasteiger partial charge in [-0.2, -0.15) is 0 Å². The van der Waals surface area contributed by atoms with Crippen LogP contribution in [0, 0.1) is 0 Å². The standard InChI is InChI=1S/C22H21Cl2NO5/c1-29-10-4-9-25-19(13-5-3-6-15(11-13)30-2)18(21(27)22(25)28)20(26)14-7-8-16(23)17(24)12-14/h3,5-8,11-12,19,26H,4,9-10H2,1-2H3/b20-18-. The molecule has 0 bridgehead atoms. The lowest BCUT2D eigenvalue weighted by atomic mass is 9.95. The molecule has 0 aromatic heterocycles. The Morgan fingerprint density at radius 1 is 1.10 bits per heavy atom. The number of Topliss-reactive ketones (excluding diaryl/α,β-unsaturated/α-hetero) is 1. The maximum Gasteiger partial charge on any atom is 0.295 e. The molecule has 6 nitrogen and oxygen atoms in total.